The molecule has 0 fully saturated rings. The molecule has 1 aliphatic rings. The number of amides is 1. The van der Waals surface area contributed by atoms with E-state index < -0.39 is 0 Å². The number of carbonyl (C=O) groups excluding carboxylic acids is 1. The minimum atomic E-state index is -0.0787. The molecule has 3 rings (SSSR count). The van der Waals surface area contributed by atoms with Crippen LogP contribution in [0.4, 0.5) is 11.5 Å². The highest BCUT2D eigenvalue weighted by atomic mass is 32.2. The predicted molar refractivity (Wildman–Crippen MR) is 83.9 cm³/mol. The first-order valence-electron chi connectivity index (χ1n) is 6.92. The largest absolute Gasteiger partial charge is 0.361 e. The van der Waals surface area contributed by atoms with Gasteiger partial charge in [0.05, 0.1) is 12.2 Å². The van der Waals surface area contributed by atoms with Crippen molar-refractivity contribution < 1.29 is 9.32 Å². The van der Waals surface area contributed by atoms with Crippen LogP contribution in [-0.2, 0) is 4.79 Å². The summed E-state index contributed by atoms with van der Waals surface area (Å²) in [5, 5.41) is 6.55. The first-order valence-corrected chi connectivity index (χ1v) is 7.91. The Labute approximate surface area is 127 Å². The molecular formula is C15H17N3O2S. The summed E-state index contributed by atoms with van der Waals surface area (Å²) < 4.78 is 4.95. The number of thioether (sulfide) groups is 1. The first kappa shape index (κ1) is 14.0. The van der Waals surface area contributed by atoms with Gasteiger partial charge in [-0.05, 0) is 31.2 Å². The molecule has 0 bridgehead atoms. The molecule has 1 aliphatic heterocycles. The van der Waals surface area contributed by atoms with Crippen molar-refractivity contribution in [3.8, 4) is 0 Å². The van der Waals surface area contributed by atoms with Crippen LogP contribution in [0.15, 0.2) is 39.8 Å². The second kappa shape index (κ2) is 6.22. The molecule has 2 aromatic rings. The summed E-state index contributed by atoms with van der Waals surface area (Å²) in [6.07, 6.45) is 1.07. The maximum Gasteiger partial charge on any atom is 0.245 e. The van der Waals surface area contributed by atoms with Crippen LogP contribution in [0, 0.1) is 6.92 Å². The normalized spacial score (nSPS) is 14.4. The van der Waals surface area contributed by atoms with Gasteiger partial charge in [0.25, 0.3) is 0 Å². The molecule has 0 saturated carbocycles. The molecular weight excluding hydrogens is 286 g/mol. The Morgan fingerprint density at radius 1 is 1.48 bits per heavy atom. The lowest BCUT2D eigenvalue weighted by molar-refractivity contribution is -0.115. The average Bonchev–Trinajstić information content (AvgIpc) is 2.77. The Kier molecular flexibility index (Phi) is 4.15. The lowest BCUT2D eigenvalue weighted by Gasteiger charge is -2.23. The first-order chi connectivity index (χ1) is 10.2. The number of hydrogen-bond acceptors (Lipinski definition) is 5. The van der Waals surface area contributed by atoms with Crippen molar-refractivity contribution in [3.05, 3.63) is 36.1 Å². The Morgan fingerprint density at radius 2 is 2.33 bits per heavy atom. The Balaban J connectivity index is 1.70. The van der Waals surface area contributed by atoms with Crippen LogP contribution in [0.3, 0.4) is 0 Å². The summed E-state index contributed by atoms with van der Waals surface area (Å²) in [6.45, 7) is 3.00. The van der Waals surface area contributed by atoms with E-state index in [0.29, 0.717) is 18.1 Å². The minimum absolute atomic E-state index is 0.0787. The van der Waals surface area contributed by atoms with E-state index >= 15 is 0 Å². The number of carbonyl (C=O) groups is 1. The van der Waals surface area contributed by atoms with Crippen molar-refractivity contribution in [2.24, 2.45) is 0 Å². The molecule has 1 aromatic heterocycles. The van der Waals surface area contributed by atoms with Gasteiger partial charge in [0.2, 0.25) is 5.91 Å². The molecule has 6 heteroatoms. The van der Waals surface area contributed by atoms with E-state index in [4.69, 9.17) is 4.52 Å². The third-order valence-corrected chi connectivity index (χ3v) is 4.41. The van der Waals surface area contributed by atoms with Gasteiger partial charge in [0, 0.05) is 17.5 Å². The molecule has 0 spiro atoms. The highest BCUT2D eigenvalue weighted by Crippen LogP contribution is 2.33. The highest BCUT2D eigenvalue weighted by molar-refractivity contribution is 7.99. The van der Waals surface area contributed by atoms with Gasteiger partial charge in [-0.3, -0.25) is 4.79 Å². The molecule has 21 heavy (non-hydrogen) atoms. The molecule has 0 radical (unpaired) electrons. The van der Waals surface area contributed by atoms with Gasteiger partial charge in [0.15, 0.2) is 5.82 Å². The SMILES string of the molecule is Cc1cc(NC(=O)CN2CCCSc3ccccc32)no1. The van der Waals surface area contributed by atoms with E-state index in [9.17, 15) is 4.79 Å². The zero-order valence-electron chi connectivity index (χ0n) is 11.8. The number of aryl methyl sites for hydroxylation is 1. The lowest BCUT2D eigenvalue weighted by atomic mass is 10.2. The number of hydrogen-bond donors (Lipinski definition) is 1. The summed E-state index contributed by atoms with van der Waals surface area (Å²) >= 11 is 1.85. The smallest absolute Gasteiger partial charge is 0.245 e. The third kappa shape index (κ3) is 3.39. The standard InChI is InChI=1S/C15H17N3O2S/c1-11-9-14(17-20-11)16-15(19)10-18-7-4-8-21-13-6-3-2-5-12(13)18/h2-3,5-6,9H,4,7-8,10H2,1H3,(H,16,17,19). The molecule has 1 N–H and O–H groups in total. The second-order valence-corrected chi connectivity index (χ2v) is 6.10. The summed E-state index contributed by atoms with van der Waals surface area (Å²) in [6, 6.07) is 9.94. The van der Waals surface area contributed by atoms with Gasteiger partial charge in [0.1, 0.15) is 5.76 Å². The summed E-state index contributed by atoms with van der Waals surface area (Å²) in [4.78, 5) is 15.5. The Morgan fingerprint density at radius 3 is 3.14 bits per heavy atom. The number of nitrogens with one attached hydrogen (secondary N) is 1. The van der Waals surface area contributed by atoms with Crippen molar-refractivity contribution in [3.63, 3.8) is 0 Å². The minimum Gasteiger partial charge on any atom is -0.361 e. The van der Waals surface area contributed by atoms with Crippen molar-refractivity contribution in [1.29, 1.82) is 0 Å². The van der Waals surface area contributed by atoms with E-state index in [1.807, 2.05) is 23.9 Å². The average molecular weight is 303 g/mol. The second-order valence-electron chi connectivity index (χ2n) is 4.96. The van der Waals surface area contributed by atoms with Crippen LogP contribution in [0.2, 0.25) is 0 Å². The van der Waals surface area contributed by atoms with Crippen LogP contribution < -0.4 is 10.2 Å². The fourth-order valence-corrected chi connectivity index (χ4v) is 3.36. The monoisotopic (exact) mass is 303 g/mol. The predicted octanol–water partition coefficient (Wildman–Crippen LogP) is 2.92. The van der Waals surface area contributed by atoms with Gasteiger partial charge in [-0.15, -0.1) is 11.8 Å². The molecule has 1 aromatic carbocycles. The van der Waals surface area contributed by atoms with E-state index in [2.05, 4.69) is 27.5 Å². The molecule has 0 unspecified atom stereocenters. The van der Waals surface area contributed by atoms with Gasteiger partial charge in [-0.1, -0.05) is 17.3 Å². The number of rotatable bonds is 3. The number of nitrogens with zero attached hydrogens (tertiary/aromatic N) is 2. The Bertz CT molecular complexity index is 641. The molecule has 110 valence electrons. The van der Waals surface area contributed by atoms with Crippen molar-refractivity contribution >= 4 is 29.2 Å². The number of fused-ring (bicyclic) bond motifs is 1. The lowest BCUT2D eigenvalue weighted by Crippen LogP contribution is -2.34. The zero-order valence-corrected chi connectivity index (χ0v) is 12.7. The topological polar surface area (TPSA) is 58.4 Å². The van der Waals surface area contributed by atoms with E-state index in [0.717, 1.165) is 24.4 Å². The molecule has 2 heterocycles. The van der Waals surface area contributed by atoms with Crippen LogP contribution in [-0.4, -0.2) is 29.9 Å². The number of benzene rings is 1. The van der Waals surface area contributed by atoms with E-state index in [1.165, 1.54) is 4.90 Å². The highest BCUT2D eigenvalue weighted by Gasteiger charge is 2.18. The molecule has 5 nitrogen and oxygen atoms in total. The van der Waals surface area contributed by atoms with Crippen LogP contribution in [0.25, 0.3) is 0 Å². The number of aromatic nitrogens is 1. The van der Waals surface area contributed by atoms with Gasteiger partial charge >= 0.3 is 0 Å². The van der Waals surface area contributed by atoms with E-state index in [-0.39, 0.29) is 5.91 Å². The van der Waals surface area contributed by atoms with Gasteiger partial charge < -0.3 is 14.7 Å². The zero-order chi connectivity index (χ0) is 14.7. The van der Waals surface area contributed by atoms with Crippen LogP contribution >= 0.6 is 11.8 Å². The fourth-order valence-electron chi connectivity index (χ4n) is 2.34. The van der Waals surface area contributed by atoms with Crippen molar-refractivity contribution in [2.45, 2.75) is 18.2 Å². The molecule has 0 aliphatic carbocycles. The summed E-state index contributed by atoms with van der Waals surface area (Å²) in [5.41, 5.74) is 1.13. The molecule has 1 amide bonds. The maximum absolute atomic E-state index is 12.2. The number of para-hydroxylation sites is 1. The van der Waals surface area contributed by atoms with Crippen LogP contribution in [0.1, 0.15) is 12.2 Å². The quantitative estimate of drug-likeness (QED) is 0.944. The van der Waals surface area contributed by atoms with Crippen molar-refractivity contribution in [2.75, 3.05) is 29.1 Å². The summed E-state index contributed by atoms with van der Waals surface area (Å²) in [5.74, 6) is 2.15. The molecule has 0 atom stereocenters. The third-order valence-electron chi connectivity index (χ3n) is 3.27. The Hall–Kier alpha value is -1.95. The van der Waals surface area contributed by atoms with Gasteiger partial charge in [-0.2, -0.15) is 0 Å². The maximum atomic E-state index is 12.2. The van der Waals surface area contributed by atoms with Gasteiger partial charge in [-0.25, -0.2) is 0 Å². The fraction of sp³-hybridized carbons (Fsp3) is 0.333. The molecule has 0 saturated heterocycles. The number of anilines is 2. The van der Waals surface area contributed by atoms with Crippen molar-refractivity contribution in [1.82, 2.24) is 5.16 Å². The van der Waals surface area contributed by atoms with Crippen LogP contribution in [0.5, 0.6) is 0 Å². The summed E-state index contributed by atoms with van der Waals surface area (Å²) in [7, 11) is 0. The van der Waals surface area contributed by atoms with E-state index in [1.54, 1.807) is 13.0 Å².